The molecule has 0 saturated carbocycles. The summed E-state index contributed by atoms with van der Waals surface area (Å²) in [5, 5.41) is 17.8. The molecule has 4 nitrogen and oxygen atoms in total. The molecule has 0 aliphatic carbocycles. The molecule has 0 aromatic carbocycles. The average Bonchev–Trinajstić information content (AvgIpc) is 2.25. The maximum Gasteiger partial charge on any atom is 0.347 e. The molecule has 2 N–H and O–H groups in total. The predicted molar refractivity (Wildman–Crippen MR) is 61.8 cm³/mol. The molecule has 2 atom stereocenters. The fourth-order valence-corrected chi connectivity index (χ4v) is 1.58. The van der Waals surface area contributed by atoms with Crippen LogP contribution in [0.2, 0.25) is 0 Å². The summed E-state index contributed by atoms with van der Waals surface area (Å²) in [6.45, 7) is 7.49. The van der Waals surface area contributed by atoms with E-state index in [4.69, 9.17) is 5.26 Å². The first-order chi connectivity index (χ1) is 7.33. The van der Waals surface area contributed by atoms with Gasteiger partial charge in [0.15, 0.2) is 0 Å². The normalized spacial score (nSPS) is 15.6. The lowest BCUT2D eigenvalue weighted by Gasteiger charge is -2.23. The van der Waals surface area contributed by atoms with Crippen LogP contribution in [-0.2, 0) is 9.68 Å². The van der Waals surface area contributed by atoms with Gasteiger partial charge in [-0.15, -0.1) is 0 Å². The summed E-state index contributed by atoms with van der Waals surface area (Å²) >= 11 is 0. The summed E-state index contributed by atoms with van der Waals surface area (Å²) in [4.78, 5) is 15.0. The van der Waals surface area contributed by atoms with Crippen LogP contribution in [-0.4, -0.2) is 22.4 Å². The van der Waals surface area contributed by atoms with Crippen LogP contribution in [0.3, 0.4) is 0 Å². The highest BCUT2D eigenvalue weighted by Crippen LogP contribution is 2.27. The summed E-state index contributed by atoms with van der Waals surface area (Å²) < 4.78 is 0. The summed E-state index contributed by atoms with van der Waals surface area (Å²) in [5.41, 5.74) is -0.666. The molecule has 0 fully saturated rings. The van der Waals surface area contributed by atoms with Crippen molar-refractivity contribution in [2.75, 3.05) is 0 Å². The van der Waals surface area contributed by atoms with E-state index in [0.717, 1.165) is 19.3 Å². The van der Waals surface area contributed by atoms with Gasteiger partial charge in [-0.05, 0) is 45.4 Å². The van der Waals surface area contributed by atoms with Gasteiger partial charge in [-0.1, -0.05) is 13.8 Å². The van der Waals surface area contributed by atoms with Crippen molar-refractivity contribution in [2.45, 2.75) is 59.5 Å². The van der Waals surface area contributed by atoms with E-state index in [1.54, 1.807) is 13.8 Å². The van der Waals surface area contributed by atoms with Crippen LogP contribution in [0.5, 0.6) is 0 Å². The Hall–Kier alpha value is -0.610. The molecular weight excluding hydrogens is 208 g/mol. The number of hydrogen-bond acceptors (Lipinski definition) is 4. The third kappa shape index (κ3) is 5.47. The van der Waals surface area contributed by atoms with Gasteiger partial charge in [0.2, 0.25) is 0 Å². The van der Waals surface area contributed by atoms with Gasteiger partial charge in [-0.3, -0.25) is 0 Å². The van der Waals surface area contributed by atoms with Crippen molar-refractivity contribution in [1.82, 2.24) is 0 Å². The lowest BCUT2D eigenvalue weighted by molar-refractivity contribution is -0.244. The summed E-state index contributed by atoms with van der Waals surface area (Å²) in [7, 11) is 0. The van der Waals surface area contributed by atoms with E-state index < -0.39 is 11.4 Å². The van der Waals surface area contributed by atoms with E-state index in [1.165, 1.54) is 0 Å². The molecule has 4 heteroatoms. The highest BCUT2D eigenvalue weighted by molar-refractivity contribution is 5.75. The average molecular weight is 232 g/mol. The Bertz CT molecular complexity index is 213. The van der Waals surface area contributed by atoms with E-state index in [1.807, 2.05) is 6.92 Å². The molecule has 0 aromatic rings. The molecule has 0 bridgehead atoms. The zero-order valence-electron chi connectivity index (χ0n) is 10.7. The topological polar surface area (TPSA) is 66.8 Å². The van der Waals surface area contributed by atoms with Crippen molar-refractivity contribution in [3.05, 3.63) is 0 Å². The minimum Gasteiger partial charge on any atom is -0.393 e. The van der Waals surface area contributed by atoms with Gasteiger partial charge in [-0.25, -0.2) is 4.79 Å². The molecule has 2 unspecified atom stereocenters. The summed E-state index contributed by atoms with van der Waals surface area (Å²) in [6, 6.07) is 0. The molecule has 16 heavy (non-hydrogen) atoms. The second kappa shape index (κ2) is 6.86. The van der Waals surface area contributed by atoms with Crippen LogP contribution in [0, 0.1) is 11.3 Å². The number of hydrogen-bond donors (Lipinski definition) is 2. The molecule has 0 aromatic heterocycles. The summed E-state index contributed by atoms with van der Waals surface area (Å²) in [6.07, 6.45) is 2.72. The van der Waals surface area contributed by atoms with E-state index in [-0.39, 0.29) is 6.10 Å². The smallest absolute Gasteiger partial charge is 0.347 e. The van der Waals surface area contributed by atoms with Gasteiger partial charge < -0.3 is 9.99 Å². The lowest BCUT2D eigenvalue weighted by atomic mass is 9.84. The second-order valence-corrected chi connectivity index (χ2v) is 5.20. The molecule has 0 spiro atoms. The fourth-order valence-electron chi connectivity index (χ4n) is 1.58. The molecule has 0 rings (SSSR count). The van der Waals surface area contributed by atoms with Gasteiger partial charge in [0.25, 0.3) is 0 Å². The monoisotopic (exact) mass is 232 g/mol. The van der Waals surface area contributed by atoms with E-state index in [0.29, 0.717) is 12.3 Å². The standard InChI is InChI=1S/C12H24O4/c1-5-10(13)8-9(2)6-7-12(3,4)11(14)16-15/h9-10,13,15H,5-8H2,1-4H3. The molecule has 0 aliphatic heterocycles. The van der Waals surface area contributed by atoms with Gasteiger partial charge in [-0.2, -0.15) is 5.26 Å². The minimum atomic E-state index is -0.666. The first-order valence-corrected chi connectivity index (χ1v) is 5.87. The van der Waals surface area contributed by atoms with E-state index in [2.05, 4.69) is 11.8 Å². The zero-order valence-corrected chi connectivity index (χ0v) is 10.7. The van der Waals surface area contributed by atoms with Gasteiger partial charge in [0, 0.05) is 0 Å². The highest BCUT2D eigenvalue weighted by atomic mass is 17.1. The third-order valence-corrected chi connectivity index (χ3v) is 3.04. The molecule has 0 amide bonds. The number of aliphatic hydroxyl groups is 1. The zero-order chi connectivity index (χ0) is 12.8. The molecule has 0 radical (unpaired) electrons. The van der Waals surface area contributed by atoms with Crippen LogP contribution >= 0.6 is 0 Å². The van der Waals surface area contributed by atoms with Crippen molar-refractivity contribution < 1.29 is 20.0 Å². The van der Waals surface area contributed by atoms with Crippen LogP contribution in [0.4, 0.5) is 0 Å². The van der Waals surface area contributed by atoms with Crippen molar-refractivity contribution in [1.29, 1.82) is 0 Å². The Labute approximate surface area is 97.5 Å². The van der Waals surface area contributed by atoms with Crippen molar-refractivity contribution in [3.63, 3.8) is 0 Å². The molecular formula is C12H24O4. The molecule has 96 valence electrons. The maximum atomic E-state index is 11.2. The first-order valence-electron chi connectivity index (χ1n) is 5.87. The number of carbonyl (C=O) groups excluding carboxylic acids is 1. The van der Waals surface area contributed by atoms with Crippen molar-refractivity contribution >= 4 is 5.97 Å². The minimum absolute atomic E-state index is 0.261. The van der Waals surface area contributed by atoms with Crippen molar-refractivity contribution in [3.8, 4) is 0 Å². The van der Waals surface area contributed by atoms with Crippen molar-refractivity contribution in [2.24, 2.45) is 11.3 Å². The Morgan fingerprint density at radius 3 is 2.44 bits per heavy atom. The molecule has 0 saturated heterocycles. The van der Waals surface area contributed by atoms with Gasteiger partial charge in [0.1, 0.15) is 0 Å². The van der Waals surface area contributed by atoms with Crippen LogP contribution in [0.15, 0.2) is 0 Å². The SMILES string of the molecule is CCC(O)CC(C)CCC(C)(C)C(=O)OO. The Morgan fingerprint density at radius 1 is 1.44 bits per heavy atom. The summed E-state index contributed by atoms with van der Waals surface area (Å²) in [5.74, 6) is -0.239. The van der Waals surface area contributed by atoms with E-state index >= 15 is 0 Å². The second-order valence-electron chi connectivity index (χ2n) is 5.20. The maximum absolute atomic E-state index is 11.2. The Kier molecular flexibility index (Phi) is 6.60. The fraction of sp³-hybridized carbons (Fsp3) is 0.917. The highest BCUT2D eigenvalue weighted by Gasteiger charge is 2.30. The molecule has 0 heterocycles. The van der Waals surface area contributed by atoms with E-state index in [9.17, 15) is 9.90 Å². The third-order valence-electron chi connectivity index (χ3n) is 3.04. The lowest BCUT2D eigenvalue weighted by Crippen LogP contribution is -2.26. The predicted octanol–water partition coefficient (Wildman–Crippen LogP) is 2.61. The number of rotatable bonds is 7. The van der Waals surface area contributed by atoms with Crippen LogP contribution < -0.4 is 0 Å². The largest absolute Gasteiger partial charge is 0.393 e. The Balaban J connectivity index is 3.99. The Morgan fingerprint density at radius 2 is 2.00 bits per heavy atom. The number of carbonyl (C=O) groups is 1. The quantitative estimate of drug-likeness (QED) is 0.523. The number of aliphatic hydroxyl groups excluding tert-OH is 1. The van der Waals surface area contributed by atoms with Gasteiger partial charge >= 0.3 is 5.97 Å². The van der Waals surface area contributed by atoms with Crippen LogP contribution in [0.1, 0.15) is 53.4 Å². The van der Waals surface area contributed by atoms with Gasteiger partial charge in [0.05, 0.1) is 11.5 Å². The first kappa shape index (κ1) is 15.4. The van der Waals surface area contributed by atoms with Crippen LogP contribution in [0.25, 0.3) is 0 Å². The molecule has 0 aliphatic rings.